The van der Waals surface area contributed by atoms with Crippen molar-refractivity contribution >= 4 is 26.0 Å². The van der Waals surface area contributed by atoms with Crippen molar-refractivity contribution < 1.29 is 13.5 Å². The Morgan fingerprint density at radius 1 is 1.38 bits per heavy atom. The summed E-state index contributed by atoms with van der Waals surface area (Å²) in [6, 6.07) is 0. The molecule has 0 bridgehead atoms. The Kier molecular flexibility index (Phi) is 6.93. The van der Waals surface area contributed by atoms with Crippen LogP contribution in [0.2, 0.25) is 0 Å². The standard InChI is InChI=1S/C7H16BrNO3S/c1-2-3-4-9(5-6-10)13(11,12)7-8/h10H,2-7H2,1H3. The zero-order valence-corrected chi connectivity index (χ0v) is 10.1. The SMILES string of the molecule is CCCCN(CCO)S(=O)(=O)CBr. The van der Waals surface area contributed by atoms with E-state index in [9.17, 15) is 8.42 Å². The van der Waals surface area contributed by atoms with Gasteiger partial charge in [0.2, 0.25) is 10.0 Å². The Morgan fingerprint density at radius 3 is 2.38 bits per heavy atom. The maximum atomic E-state index is 11.4. The third-order valence-electron chi connectivity index (χ3n) is 1.64. The van der Waals surface area contributed by atoms with E-state index in [1.807, 2.05) is 6.92 Å². The summed E-state index contributed by atoms with van der Waals surface area (Å²) in [5, 5.41) is 8.67. The summed E-state index contributed by atoms with van der Waals surface area (Å²) in [5.74, 6) is 0. The first-order valence-electron chi connectivity index (χ1n) is 4.23. The van der Waals surface area contributed by atoms with Crippen molar-refractivity contribution in [1.29, 1.82) is 0 Å². The van der Waals surface area contributed by atoms with E-state index >= 15 is 0 Å². The predicted octanol–water partition coefficient (Wildman–Crippen LogP) is 0.763. The van der Waals surface area contributed by atoms with Crippen molar-refractivity contribution in [3.05, 3.63) is 0 Å². The molecule has 0 atom stereocenters. The summed E-state index contributed by atoms with van der Waals surface area (Å²) in [7, 11) is -3.20. The molecule has 0 radical (unpaired) electrons. The first-order valence-corrected chi connectivity index (χ1v) is 6.96. The number of nitrogens with zero attached hydrogens (tertiary/aromatic N) is 1. The molecular weight excluding hydrogens is 258 g/mol. The summed E-state index contributed by atoms with van der Waals surface area (Å²) >= 11 is 2.92. The molecule has 0 heterocycles. The molecule has 0 spiro atoms. The number of aliphatic hydroxyl groups excluding tert-OH is 1. The number of aliphatic hydroxyl groups is 1. The van der Waals surface area contributed by atoms with Gasteiger partial charge in [0.15, 0.2) is 0 Å². The fraction of sp³-hybridized carbons (Fsp3) is 1.00. The second-order valence-electron chi connectivity index (χ2n) is 2.70. The molecule has 6 heteroatoms. The van der Waals surface area contributed by atoms with Crippen molar-refractivity contribution in [3.63, 3.8) is 0 Å². The number of rotatable bonds is 7. The van der Waals surface area contributed by atoms with Crippen LogP contribution in [0.15, 0.2) is 0 Å². The number of alkyl halides is 1. The molecule has 0 aliphatic heterocycles. The van der Waals surface area contributed by atoms with Gasteiger partial charge >= 0.3 is 0 Å². The lowest BCUT2D eigenvalue weighted by Gasteiger charge is -2.19. The van der Waals surface area contributed by atoms with E-state index in [2.05, 4.69) is 15.9 Å². The van der Waals surface area contributed by atoms with Crippen LogP contribution in [0.1, 0.15) is 19.8 Å². The Hall–Kier alpha value is 0.350. The number of sulfonamides is 1. The highest BCUT2D eigenvalue weighted by Crippen LogP contribution is 2.06. The van der Waals surface area contributed by atoms with Crippen molar-refractivity contribution in [2.75, 3.05) is 24.4 Å². The molecule has 80 valence electrons. The van der Waals surface area contributed by atoms with Crippen molar-refractivity contribution in [3.8, 4) is 0 Å². The first-order chi connectivity index (χ1) is 6.08. The third kappa shape index (κ3) is 4.95. The zero-order valence-electron chi connectivity index (χ0n) is 7.74. The van der Waals surface area contributed by atoms with Gasteiger partial charge in [0, 0.05) is 13.1 Å². The molecule has 0 aliphatic rings. The monoisotopic (exact) mass is 273 g/mol. The molecule has 0 saturated carbocycles. The van der Waals surface area contributed by atoms with Crippen LogP contribution in [0.25, 0.3) is 0 Å². The molecule has 0 aromatic carbocycles. The van der Waals surface area contributed by atoms with Crippen molar-refractivity contribution in [2.45, 2.75) is 19.8 Å². The lowest BCUT2D eigenvalue weighted by molar-refractivity contribution is 0.253. The maximum Gasteiger partial charge on any atom is 0.224 e. The van der Waals surface area contributed by atoms with E-state index in [1.54, 1.807) is 0 Å². The smallest absolute Gasteiger partial charge is 0.224 e. The van der Waals surface area contributed by atoms with Gasteiger partial charge in [-0.3, -0.25) is 0 Å². The molecule has 0 aromatic heterocycles. The van der Waals surface area contributed by atoms with Gasteiger partial charge in [0.25, 0.3) is 0 Å². The average Bonchev–Trinajstić information content (AvgIpc) is 2.12. The maximum absolute atomic E-state index is 11.4. The largest absolute Gasteiger partial charge is 0.395 e. The predicted molar refractivity (Wildman–Crippen MR) is 56.3 cm³/mol. The van der Waals surface area contributed by atoms with E-state index in [0.29, 0.717) is 6.54 Å². The number of unbranched alkanes of at least 4 members (excludes halogenated alkanes) is 1. The van der Waals surface area contributed by atoms with Crippen LogP contribution in [0, 0.1) is 0 Å². The Morgan fingerprint density at radius 2 is 2.00 bits per heavy atom. The summed E-state index contributed by atoms with van der Waals surface area (Å²) in [4.78, 5) is 0. The van der Waals surface area contributed by atoms with Gasteiger partial charge < -0.3 is 5.11 Å². The number of halogens is 1. The van der Waals surface area contributed by atoms with Crippen LogP contribution < -0.4 is 0 Å². The van der Waals surface area contributed by atoms with Gasteiger partial charge in [-0.1, -0.05) is 29.3 Å². The highest BCUT2D eigenvalue weighted by atomic mass is 79.9. The van der Waals surface area contributed by atoms with Gasteiger partial charge in [-0.15, -0.1) is 0 Å². The quantitative estimate of drug-likeness (QED) is 0.697. The fourth-order valence-electron chi connectivity index (χ4n) is 0.905. The summed E-state index contributed by atoms with van der Waals surface area (Å²) in [5.41, 5.74) is 0. The van der Waals surface area contributed by atoms with E-state index < -0.39 is 10.0 Å². The normalized spacial score (nSPS) is 12.3. The number of hydrogen-bond donors (Lipinski definition) is 1. The molecule has 13 heavy (non-hydrogen) atoms. The molecule has 0 rings (SSSR count). The molecule has 1 N–H and O–H groups in total. The molecule has 0 fully saturated rings. The van der Waals surface area contributed by atoms with E-state index in [4.69, 9.17) is 5.11 Å². The van der Waals surface area contributed by atoms with E-state index in [1.165, 1.54) is 4.31 Å². The van der Waals surface area contributed by atoms with Crippen LogP contribution in [-0.2, 0) is 10.0 Å². The minimum Gasteiger partial charge on any atom is -0.395 e. The van der Waals surface area contributed by atoms with Gasteiger partial charge in [-0.2, -0.15) is 4.31 Å². The zero-order chi connectivity index (χ0) is 10.3. The van der Waals surface area contributed by atoms with Crippen LogP contribution >= 0.6 is 15.9 Å². The summed E-state index contributed by atoms with van der Waals surface area (Å²) in [6.45, 7) is 2.55. The van der Waals surface area contributed by atoms with Crippen molar-refractivity contribution in [2.24, 2.45) is 0 Å². The molecule has 4 nitrogen and oxygen atoms in total. The topological polar surface area (TPSA) is 57.6 Å². The second kappa shape index (κ2) is 6.75. The van der Waals surface area contributed by atoms with E-state index in [-0.39, 0.29) is 17.8 Å². The number of hydrogen-bond acceptors (Lipinski definition) is 3. The summed E-state index contributed by atoms with van der Waals surface area (Å²) in [6.07, 6.45) is 1.77. The Balaban J connectivity index is 4.23. The average molecular weight is 274 g/mol. The third-order valence-corrected chi connectivity index (χ3v) is 4.81. The van der Waals surface area contributed by atoms with Crippen LogP contribution in [0.4, 0.5) is 0 Å². The lowest BCUT2D eigenvalue weighted by Crippen LogP contribution is -2.34. The lowest BCUT2D eigenvalue weighted by atomic mass is 10.3. The minimum absolute atomic E-state index is 0.0796. The van der Waals surface area contributed by atoms with E-state index in [0.717, 1.165) is 12.8 Å². The van der Waals surface area contributed by atoms with Gasteiger partial charge in [0.1, 0.15) is 4.66 Å². The van der Waals surface area contributed by atoms with Crippen LogP contribution in [0.5, 0.6) is 0 Å². The minimum atomic E-state index is -3.20. The van der Waals surface area contributed by atoms with Gasteiger partial charge in [0.05, 0.1) is 6.61 Å². The Labute approximate surface area is 88.1 Å². The second-order valence-corrected chi connectivity index (χ2v) is 5.97. The molecule has 0 saturated heterocycles. The molecule has 0 aliphatic carbocycles. The fourth-order valence-corrected chi connectivity index (χ4v) is 2.68. The Bertz CT molecular complexity index is 218. The molecular formula is C7H16BrNO3S. The van der Waals surface area contributed by atoms with Crippen molar-refractivity contribution in [1.82, 2.24) is 4.31 Å². The highest BCUT2D eigenvalue weighted by molar-refractivity contribution is 9.10. The summed E-state index contributed by atoms with van der Waals surface area (Å²) < 4.78 is 24.0. The molecule has 0 unspecified atom stereocenters. The van der Waals surface area contributed by atoms with Gasteiger partial charge in [-0.25, -0.2) is 8.42 Å². The van der Waals surface area contributed by atoms with Crippen LogP contribution in [-0.4, -0.2) is 42.2 Å². The van der Waals surface area contributed by atoms with Crippen LogP contribution in [0.3, 0.4) is 0 Å². The highest BCUT2D eigenvalue weighted by Gasteiger charge is 2.18. The van der Waals surface area contributed by atoms with Gasteiger partial charge in [-0.05, 0) is 6.42 Å². The first kappa shape index (κ1) is 13.4. The molecule has 0 amide bonds. The molecule has 0 aromatic rings.